The van der Waals surface area contributed by atoms with Crippen LogP contribution in [0.2, 0.25) is 0 Å². The fourth-order valence-electron chi connectivity index (χ4n) is 2.77. The molecule has 1 aliphatic heterocycles. The molecule has 6 heteroatoms. The van der Waals surface area contributed by atoms with Crippen molar-refractivity contribution in [3.8, 4) is 5.75 Å². The average Bonchev–Trinajstić information content (AvgIpc) is 2.64. The van der Waals surface area contributed by atoms with Gasteiger partial charge in [0.2, 0.25) is 0 Å². The Hall–Kier alpha value is -2.34. The molecule has 0 amide bonds. The first-order valence-electron chi connectivity index (χ1n) is 8.20. The molecule has 1 fully saturated rings. The zero-order valence-electron chi connectivity index (χ0n) is 13.8. The second-order valence-corrected chi connectivity index (χ2v) is 5.93. The molecule has 0 radical (unpaired) electrons. The summed E-state index contributed by atoms with van der Waals surface area (Å²) in [5.74, 6) is 0.831. The van der Waals surface area contributed by atoms with E-state index in [2.05, 4.69) is 20.1 Å². The van der Waals surface area contributed by atoms with E-state index in [4.69, 9.17) is 17.0 Å². The highest BCUT2D eigenvalue weighted by atomic mass is 32.1. The highest BCUT2D eigenvalue weighted by molar-refractivity contribution is 7.80. The number of rotatable bonds is 4. The van der Waals surface area contributed by atoms with Crippen LogP contribution in [0.15, 0.2) is 48.8 Å². The van der Waals surface area contributed by atoms with E-state index in [1.807, 2.05) is 55.7 Å². The van der Waals surface area contributed by atoms with Gasteiger partial charge < -0.3 is 19.9 Å². The van der Waals surface area contributed by atoms with E-state index in [0.717, 1.165) is 42.7 Å². The zero-order chi connectivity index (χ0) is 16.8. The lowest BCUT2D eigenvalue weighted by atomic mass is 10.2. The predicted octanol–water partition coefficient (Wildman–Crippen LogP) is 3.00. The summed E-state index contributed by atoms with van der Waals surface area (Å²) in [5, 5.41) is 4.07. The van der Waals surface area contributed by atoms with Crippen LogP contribution in [0.4, 0.5) is 11.4 Å². The molecule has 0 bridgehead atoms. The molecule has 126 valence electrons. The highest BCUT2D eigenvalue weighted by Crippen LogP contribution is 2.24. The molecule has 0 spiro atoms. The van der Waals surface area contributed by atoms with Gasteiger partial charge in [0.15, 0.2) is 5.11 Å². The van der Waals surface area contributed by atoms with E-state index < -0.39 is 0 Å². The quantitative estimate of drug-likeness (QED) is 0.862. The summed E-state index contributed by atoms with van der Waals surface area (Å²) in [6.45, 7) is 6.29. The number of nitrogens with one attached hydrogen (secondary N) is 1. The monoisotopic (exact) mass is 342 g/mol. The molecule has 0 aliphatic carbocycles. The summed E-state index contributed by atoms with van der Waals surface area (Å²) >= 11 is 5.59. The molecule has 1 aliphatic rings. The maximum Gasteiger partial charge on any atom is 0.173 e. The van der Waals surface area contributed by atoms with Gasteiger partial charge in [-0.05, 0) is 43.4 Å². The van der Waals surface area contributed by atoms with Gasteiger partial charge in [0.1, 0.15) is 5.75 Å². The van der Waals surface area contributed by atoms with Gasteiger partial charge in [-0.15, -0.1) is 0 Å². The Kier molecular flexibility index (Phi) is 5.48. The molecule has 24 heavy (non-hydrogen) atoms. The first-order chi connectivity index (χ1) is 11.8. The molecule has 2 aromatic rings. The van der Waals surface area contributed by atoms with Crippen LogP contribution in [0.5, 0.6) is 5.75 Å². The third-order valence-electron chi connectivity index (χ3n) is 4.02. The average molecular weight is 342 g/mol. The first kappa shape index (κ1) is 16.5. The van der Waals surface area contributed by atoms with E-state index in [1.54, 1.807) is 0 Å². The van der Waals surface area contributed by atoms with Crippen molar-refractivity contribution in [2.45, 2.75) is 6.92 Å². The largest absolute Gasteiger partial charge is 0.492 e. The molecule has 0 unspecified atom stereocenters. The molecule has 5 nitrogen and oxygen atoms in total. The summed E-state index contributed by atoms with van der Waals surface area (Å²) in [4.78, 5) is 8.63. The lowest BCUT2D eigenvalue weighted by molar-refractivity contribution is 0.341. The number of nitrogens with zero attached hydrogens (tertiary/aromatic N) is 3. The SMILES string of the molecule is CCOc1ccccc1NC(=S)N1CCN(c2ccncc2)CC1. The normalized spacial score (nSPS) is 14.4. The number of hydrogen-bond acceptors (Lipinski definition) is 4. The number of benzene rings is 1. The fraction of sp³-hybridized carbons (Fsp3) is 0.333. The predicted molar refractivity (Wildman–Crippen MR) is 102 cm³/mol. The van der Waals surface area contributed by atoms with Crippen LogP contribution >= 0.6 is 12.2 Å². The van der Waals surface area contributed by atoms with Gasteiger partial charge >= 0.3 is 0 Å². The molecular formula is C18H22N4OS. The smallest absolute Gasteiger partial charge is 0.173 e. The Labute approximate surface area is 148 Å². The third kappa shape index (κ3) is 3.94. The van der Waals surface area contributed by atoms with Crippen molar-refractivity contribution in [3.05, 3.63) is 48.8 Å². The third-order valence-corrected chi connectivity index (χ3v) is 4.38. The lowest BCUT2D eigenvalue weighted by Crippen LogP contribution is -2.50. The van der Waals surface area contributed by atoms with Gasteiger partial charge in [0.05, 0.1) is 12.3 Å². The van der Waals surface area contributed by atoms with E-state index in [0.29, 0.717) is 6.61 Å². The zero-order valence-corrected chi connectivity index (χ0v) is 14.6. The molecule has 1 aromatic carbocycles. The van der Waals surface area contributed by atoms with Crippen molar-refractivity contribution >= 4 is 28.7 Å². The Morgan fingerprint density at radius 2 is 1.83 bits per heavy atom. The summed E-state index contributed by atoms with van der Waals surface area (Å²) in [6, 6.07) is 12.0. The maximum absolute atomic E-state index is 5.65. The van der Waals surface area contributed by atoms with Gasteiger partial charge in [-0.25, -0.2) is 0 Å². The van der Waals surface area contributed by atoms with Crippen molar-refractivity contribution in [2.75, 3.05) is 43.0 Å². The van der Waals surface area contributed by atoms with Crippen LogP contribution in [-0.4, -0.2) is 47.8 Å². The Balaban J connectivity index is 1.58. The van der Waals surface area contributed by atoms with Crippen LogP contribution in [0.25, 0.3) is 0 Å². The topological polar surface area (TPSA) is 40.6 Å². The minimum absolute atomic E-state index is 0.635. The first-order valence-corrected chi connectivity index (χ1v) is 8.61. The molecular weight excluding hydrogens is 320 g/mol. The Morgan fingerprint density at radius 1 is 1.12 bits per heavy atom. The number of para-hydroxylation sites is 2. The number of hydrogen-bond donors (Lipinski definition) is 1. The van der Waals surface area contributed by atoms with Gasteiger partial charge in [0, 0.05) is 44.3 Å². The minimum atomic E-state index is 0.635. The molecule has 0 saturated carbocycles. The molecule has 0 atom stereocenters. The number of ether oxygens (including phenoxy) is 1. The minimum Gasteiger partial charge on any atom is -0.492 e. The van der Waals surface area contributed by atoms with Gasteiger partial charge in [-0.1, -0.05) is 12.1 Å². The summed E-state index contributed by atoms with van der Waals surface area (Å²) in [6.07, 6.45) is 3.66. The van der Waals surface area contributed by atoms with E-state index in [9.17, 15) is 0 Å². The second-order valence-electron chi connectivity index (χ2n) is 5.54. The number of piperazine rings is 1. The molecule has 1 aromatic heterocycles. The standard InChI is InChI=1S/C18H22N4OS/c1-2-23-17-6-4-3-5-16(17)20-18(24)22-13-11-21(12-14-22)15-7-9-19-10-8-15/h3-10H,2,11-14H2,1H3,(H,20,24). The fourth-order valence-corrected chi connectivity index (χ4v) is 3.06. The van der Waals surface area contributed by atoms with Gasteiger partial charge in [-0.3, -0.25) is 4.98 Å². The highest BCUT2D eigenvalue weighted by Gasteiger charge is 2.19. The number of aromatic nitrogens is 1. The summed E-state index contributed by atoms with van der Waals surface area (Å²) in [7, 11) is 0. The Bertz CT molecular complexity index is 672. The number of pyridine rings is 1. The van der Waals surface area contributed by atoms with Gasteiger partial charge in [-0.2, -0.15) is 0 Å². The van der Waals surface area contributed by atoms with Crippen molar-refractivity contribution in [2.24, 2.45) is 0 Å². The molecule has 3 rings (SSSR count). The molecule has 2 heterocycles. The Morgan fingerprint density at radius 3 is 2.54 bits per heavy atom. The molecule has 1 saturated heterocycles. The van der Waals surface area contributed by atoms with Crippen molar-refractivity contribution in [1.82, 2.24) is 9.88 Å². The van der Waals surface area contributed by atoms with Crippen molar-refractivity contribution in [1.29, 1.82) is 0 Å². The lowest BCUT2D eigenvalue weighted by Gasteiger charge is -2.37. The van der Waals surface area contributed by atoms with E-state index >= 15 is 0 Å². The van der Waals surface area contributed by atoms with Crippen LogP contribution in [-0.2, 0) is 0 Å². The summed E-state index contributed by atoms with van der Waals surface area (Å²) < 4.78 is 5.65. The van der Waals surface area contributed by atoms with Crippen molar-refractivity contribution < 1.29 is 4.74 Å². The summed E-state index contributed by atoms with van der Waals surface area (Å²) in [5.41, 5.74) is 2.13. The van der Waals surface area contributed by atoms with Crippen LogP contribution in [0.3, 0.4) is 0 Å². The van der Waals surface area contributed by atoms with E-state index in [1.165, 1.54) is 5.69 Å². The van der Waals surface area contributed by atoms with Crippen LogP contribution in [0.1, 0.15) is 6.92 Å². The molecule has 1 N–H and O–H groups in total. The van der Waals surface area contributed by atoms with Gasteiger partial charge in [0.25, 0.3) is 0 Å². The van der Waals surface area contributed by atoms with E-state index in [-0.39, 0.29) is 0 Å². The number of thiocarbonyl (C=S) groups is 1. The second kappa shape index (κ2) is 7.97. The van der Waals surface area contributed by atoms with Crippen LogP contribution in [0, 0.1) is 0 Å². The van der Waals surface area contributed by atoms with Crippen LogP contribution < -0.4 is 15.0 Å². The maximum atomic E-state index is 5.65. The number of anilines is 2. The van der Waals surface area contributed by atoms with Crippen molar-refractivity contribution in [3.63, 3.8) is 0 Å².